The quantitative estimate of drug-likeness (QED) is 0.839. The average Bonchev–Trinajstić information content (AvgIpc) is 2.31. The second-order valence-corrected chi connectivity index (χ2v) is 4.48. The number of carbonyl (C=O) groups excluding carboxylic acids is 1. The summed E-state index contributed by atoms with van der Waals surface area (Å²) in [5, 5.41) is 6.34. The van der Waals surface area contributed by atoms with Gasteiger partial charge >= 0.3 is 6.03 Å². The average molecular weight is 255 g/mol. The molecule has 1 aromatic carbocycles. The highest BCUT2D eigenvalue weighted by atomic mass is 35.5. The zero-order chi connectivity index (χ0) is 12.8. The summed E-state index contributed by atoms with van der Waals surface area (Å²) >= 11 is 5.99. The van der Waals surface area contributed by atoms with Crippen molar-refractivity contribution >= 4 is 23.3 Å². The minimum atomic E-state index is -0.182. The van der Waals surface area contributed by atoms with Crippen molar-refractivity contribution in [1.29, 1.82) is 0 Å². The van der Waals surface area contributed by atoms with Crippen LogP contribution in [0.15, 0.2) is 18.2 Å². The Labute approximate surface area is 108 Å². The molecular formula is C13H19ClN2O. The van der Waals surface area contributed by atoms with Gasteiger partial charge in [0.2, 0.25) is 0 Å². The monoisotopic (exact) mass is 254 g/mol. The fraction of sp³-hybridized carbons (Fsp3) is 0.462. The summed E-state index contributed by atoms with van der Waals surface area (Å²) in [5.74, 6) is 0. The van der Waals surface area contributed by atoms with E-state index >= 15 is 0 Å². The van der Waals surface area contributed by atoms with Crippen LogP contribution in [0.3, 0.4) is 0 Å². The van der Waals surface area contributed by atoms with Crippen molar-refractivity contribution in [3.8, 4) is 0 Å². The first-order valence-electron chi connectivity index (χ1n) is 5.90. The van der Waals surface area contributed by atoms with E-state index in [1.54, 1.807) is 6.07 Å². The van der Waals surface area contributed by atoms with Crippen molar-refractivity contribution < 1.29 is 4.79 Å². The van der Waals surface area contributed by atoms with Gasteiger partial charge in [0, 0.05) is 16.8 Å². The van der Waals surface area contributed by atoms with Crippen molar-refractivity contribution in [3.63, 3.8) is 0 Å². The van der Waals surface area contributed by atoms with Crippen LogP contribution in [0.2, 0.25) is 5.02 Å². The molecule has 0 radical (unpaired) electrons. The molecule has 0 saturated carbocycles. The third-order valence-corrected chi connectivity index (χ3v) is 3.16. The maximum atomic E-state index is 11.7. The first-order valence-corrected chi connectivity index (χ1v) is 6.28. The molecule has 4 heteroatoms. The Hall–Kier alpha value is -1.22. The largest absolute Gasteiger partial charge is 0.335 e. The molecule has 0 unspecified atom stereocenters. The van der Waals surface area contributed by atoms with Crippen molar-refractivity contribution in [2.75, 3.05) is 5.32 Å². The Kier molecular flexibility index (Phi) is 5.29. The van der Waals surface area contributed by atoms with E-state index in [1.807, 2.05) is 19.1 Å². The van der Waals surface area contributed by atoms with Crippen LogP contribution in [0.5, 0.6) is 0 Å². The molecule has 17 heavy (non-hydrogen) atoms. The molecule has 2 N–H and O–H groups in total. The van der Waals surface area contributed by atoms with Gasteiger partial charge in [-0.2, -0.15) is 0 Å². The fourth-order valence-electron chi connectivity index (χ4n) is 1.52. The van der Waals surface area contributed by atoms with Crippen LogP contribution in [0.25, 0.3) is 0 Å². The van der Waals surface area contributed by atoms with Gasteiger partial charge in [0.25, 0.3) is 0 Å². The van der Waals surface area contributed by atoms with E-state index < -0.39 is 0 Å². The minimum Gasteiger partial charge on any atom is -0.335 e. The third-order valence-electron chi connectivity index (χ3n) is 2.75. The summed E-state index contributed by atoms with van der Waals surface area (Å²) in [6.45, 7) is 6.03. The Morgan fingerprint density at radius 1 is 1.35 bits per heavy atom. The number of benzene rings is 1. The summed E-state index contributed by atoms with van der Waals surface area (Å²) in [5.41, 5.74) is 1.71. The van der Waals surface area contributed by atoms with Crippen molar-refractivity contribution in [1.82, 2.24) is 5.32 Å². The number of aryl methyl sites for hydroxylation is 1. The predicted octanol–water partition coefficient (Wildman–Crippen LogP) is 3.96. The molecule has 0 aliphatic heterocycles. The van der Waals surface area contributed by atoms with Gasteiger partial charge in [0.1, 0.15) is 0 Å². The topological polar surface area (TPSA) is 41.1 Å². The first-order chi connectivity index (χ1) is 8.06. The molecule has 0 heterocycles. The number of hydrogen-bond acceptors (Lipinski definition) is 1. The molecule has 0 aliphatic rings. The smallest absolute Gasteiger partial charge is 0.319 e. The Morgan fingerprint density at radius 2 is 2.00 bits per heavy atom. The maximum absolute atomic E-state index is 11.7. The van der Waals surface area contributed by atoms with E-state index in [0.29, 0.717) is 10.7 Å². The zero-order valence-electron chi connectivity index (χ0n) is 10.5. The summed E-state index contributed by atoms with van der Waals surface area (Å²) < 4.78 is 0. The number of anilines is 1. The van der Waals surface area contributed by atoms with Crippen LogP contribution in [0.4, 0.5) is 10.5 Å². The standard InChI is InChI=1S/C13H19ClN2O/c1-4-10(5-2)15-13(17)16-11-7-6-9(3)12(14)8-11/h6-8,10H,4-5H2,1-3H3,(H2,15,16,17). The fourth-order valence-corrected chi connectivity index (χ4v) is 1.70. The van der Waals surface area contributed by atoms with Crippen LogP contribution in [-0.4, -0.2) is 12.1 Å². The Balaban J connectivity index is 2.58. The van der Waals surface area contributed by atoms with Gasteiger partial charge < -0.3 is 10.6 Å². The number of amides is 2. The van der Waals surface area contributed by atoms with Crippen molar-refractivity contribution in [3.05, 3.63) is 28.8 Å². The van der Waals surface area contributed by atoms with E-state index in [2.05, 4.69) is 24.5 Å². The SMILES string of the molecule is CCC(CC)NC(=O)Nc1ccc(C)c(Cl)c1. The molecule has 3 nitrogen and oxygen atoms in total. The molecule has 0 atom stereocenters. The van der Waals surface area contributed by atoms with Gasteiger partial charge in [-0.15, -0.1) is 0 Å². The van der Waals surface area contributed by atoms with E-state index in [0.717, 1.165) is 18.4 Å². The highest BCUT2D eigenvalue weighted by Crippen LogP contribution is 2.19. The maximum Gasteiger partial charge on any atom is 0.319 e. The number of nitrogens with one attached hydrogen (secondary N) is 2. The number of halogens is 1. The van der Waals surface area contributed by atoms with Crippen LogP contribution < -0.4 is 10.6 Å². The molecule has 0 fully saturated rings. The summed E-state index contributed by atoms with van der Waals surface area (Å²) in [7, 11) is 0. The van der Waals surface area contributed by atoms with Gasteiger partial charge in [0.15, 0.2) is 0 Å². The van der Waals surface area contributed by atoms with E-state index in [4.69, 9.17) is 11.6 Å². The lowest BCUT2D eigenvalue weighted by molar-refractivity contribution is 0.247. The van der Waals surface area contributed by atoms with E-state index in [-0.39, 0.29) is 12.1 Å². The molecule has 0 spiro atoms. The molecule has 0 bridgehead atoms. The molecule has 94 valence electrons. The predicted molar refractivity (Wildman–Crippen MR) is 72.7 cm³/mol. The van der Waals surface area contributed by atoms with Crippen LogP contribution >= 0.6 is 11.6 Å². The van der Waals surface area contributed by atoms with Gasteiger partial charge in [-0.3, -0.25) is 0 Å². The second-order valence-electron chi connectivity index (χ2n) is 4.08. The molecule has 0 saturated heterocycles. The van der Waals surface area contributed by atoms with Gasteiger partial charge in [-0.25, -0.2) is 4.79 Å². The number of rotatable bonds is 4. The minimum absolute atomic E-state index is 0.182. The molecule has 1 rings (SSSR count). The molecular weight excluding hydrogens is 236 g/mol. The van der Waals surface area contributed by atoms with Crippen molar-refractivity contribution in [2.45, 2.75) is 39.7 Å². The Bertz CT molecular complexity index is 389. The lowest BCUT2D eigenvalue weighted by Crippen LogP contribution is -2.37. The Morgan fingerprint density at radius 3 is 2.53 bits per heavy atom. The first kappa shape index (κ1) is 13.8. The molecule has 2 amide bonds. The molecule has 1 aromatic rings. The lowest BCUT2D eigenvalue weighted by atomic mass is 10.2. The summed E-state index contributed by atoms with van der Waals surface area (Å²) in [6, 6.07) is 5.51. The normalized spacial score (nSPS) is 10.4. The van der Waals surface area contributed by atoms with Gasteiger partial charge in [-0.1, -0.05) is 31.5 Å². The van der Waals surface area contributed by atoms with E-state index in [1.165, 1.54) is 0 Å². The zero-order valence-corrected chi connectivity index (χ0v) is 11.3. The molecule has 0 aromatic heterocycles. The van der Waals surface area contributed by atoms with Crippen LogP contribution in [-0.2, 0) is 0 Å². The highest BCUT2D eigenvalue weighted by Gasteiger charge is 2.08. The third kappa shape index (κ3) is 4.27. The summed E-state index contributed by atoms with van der Waals surface area (Å²) in [6.07, 6.45) is 1.86. The number of hydrogen-bond donors (Lipinski definition) is 2. The van der Waals surface area contributed by atoms with Crippen LogP contribution in [0, 0.1) is 6.92 Å². The van der Waals surface area contributed by atoms with Gasteiger partial charge in [0.05, 0.1) is 0 Å². The van der Waals surface area contributed by atoms with Crippen LogP contribution in [0.1, 0.15) is 32.3 Å². The number of urea groups is 1. The van der Waals surface area contributed by atoms with E-state index in [9.17, 15) is 4.79 Å². The molecule has 0 aliphatic carbocycles. The van der Waals surface area contributed by atoms with Gasteiger partial charge in [-0.05, 0) is 37.5 Å². The highest BCUT2D eigenvalue weighted by molar-refractivity contribution is 6.31. The number of carbonyl (C=O) groups is 1. The summed E-state index contributed by atoms with van der Waals surface area (Å²) in [4.78, 5) is 11.7. The second kappa shape index (κ2) is 6.50. The van der Waals surface area contributed by atoms with Crippen molar-refractivity contribution in [2.24, 2.45) is 0 Å². The lowest BCUT2D eigenvalue weighted by Gasteiger charge is -2.15.